The van der Waals surface area contributed by atoms with E-state index >= 15 is 0 Å². The molecule has 0 atom stereocenters. The third-order valence-corrected chi connectivity index (χ3v) is 10.3. The van der Waals surface area contributed by atoms with E-state index in [0.29, 0.717) is 0 Å². The van der Waals surface area contributed by atoms with E-state index < -0.39 is 8.07 Å². The summed E-state index contributed by atoms with van der Waals surface area (Å²) < 4.78 is 0. The van der Waals surface area contributed by atoms with Crippen molar-refractivity contribution in [2.24, 2.45) is 0 Å². The predicted octanol–water partition coefficient (Wildman–Crippen LogP) is 7.57. The van der Waals surface area contributed by atoms with E-state index in [9.17, 15) is 0 Å². The van der Waals surface area contributed by atoms with Gasteiger partial charge in [-0.05, 0) is 45.8 Å². The van der Waals surface area contributed by atoms with Gasteiger partial charge in [0.05, 0.1) is 0 Å². The Labute approximate surface area is 252 Å². The molecule has 0 N–H and O–H groups in total. The zero-order chi connectivity index (χ0) is 26.7. The van der Waals surface area contributed by atoms with E-state index in [1.807, 2.05) is 48.5 Å². The van der Waals surface area contributed by atoms with Gasteiger partial charge in [0, 0.05) is 10.6 Å². The molecule has 0 bridgehead atoms. The fraction of sp³-hybridized carbons (Fsp3) is 0.0556. The van der Waals surface area contributed by atoms with Crippen molar-refractivity contribution in [2.45, 2.75) is 13.1 Å². The van der Waals surface area contributed by atoms with Crippen molar-refractivity contribution in [3.8, 4) is 44.8 Å². The summed E-state index contributed by atoms with van der Waals surface area (Å²) in [6, 6.07) is 52.7. The van der Waals surface area contributed by atoms with Crippen LogP contribution in [0.15, 0.2) is 133 Å². The molecule has 0 fully saturated rings. The van der Waals surface area contributed by atoms with Crippen LogP contribution in [0.5, 0.6) is 0 Å². The van der Waals surface area contributed by atoms with Gasteiger partial charge in [-0.3, -0.25) is 0 Å². The maximum absolute atomic E-state index is 5.33. The first-order chi connectivity index (χ1) is 19.1. The Bertz CT molecular complexity index is 1580. The van der Waals surface area contributed by atoms with Crippen molar-refractivity contribution in [3.63, 3.8) is 0 Å². The average molecular weight is 712 g/mol. The van der Waals surface area contributed by atoms with Gasteiger partial charge >= 0.3 is 21.1 Å². The molecule has 6 aromatic rings. The van der Waals surface area contributed by atoms with Crippen LogP contribution < -0.4 is 10.6 Å². The SMILES string of the molecule is C[Si](C)(c1ccc(-c2ccccc2)c(-c2[c-]cccc2)n1)c1ccc(-c2ccccc2)c(-c2[c-]cccc2)n1.[Pt+2]. The average Bonchev–Trinajstić information content (AvgIpc) is 3.02. The van der Waals surface area contributed by atoms with E-state index in [1.165, 1.54) is 0 Å². The zero-order valence-electron chi connectivity index (χ0n) is 22.4. The second-order valence-corrected chi connectivity index (χ2v) is 14.4. The minimum absolute atomic E-state index is 0. The molecule has 40 heavy (non-hydrogen) atoms. The number of hydrogen-bond acceptors (Lipinski definition) is 2. The predicted molar refractivity (Wildman–Crippen MR) is 165 cm³/mol. The molecule has 0 radical (unpaired) electrons. The number of hydrogen-bond donors (Lipinski definition) is 0. The number of pyridine rings is 2. The topological polar surface area (TPSA) is 25.8 Å². The Morgan fingerprint density at radius 3 is 1.25 bits per heavy atom. The molecule has 0 saturated carbocycles. The molecule has 6 rings (SSSR count). The van der Waals surface area contributed by atoms with Crippen molar-refractivity contribution in [1.82, 2.24) is 9.97 Å². The van der Waals surface area contributed by atoms with Crippen molar-refractivity contribution < 1.29 is 21.1 Å². The van der Waals surface area contributed by atoms with Gasteiger partial charge in [0.2, 0.25) is 0 Å². The Morgan fingerprint density at radius 1 is 0.475 bits per heavy atom. The summed E-state index contributed by atoms with van der Waals surface area (Å²) in [5.41, 5.74) is 8.42. The molecule has 0 unspecified atom stereocenters. The summed E-state index contributed by atoms with van der Waals surface area (Å²) in [6.07, 6.45) is 0. The molecule has 0 amide bonds. The van der Waals surface area contributed by atoms with Gasteiger partial charge in [0.15, 0.2) is 8.07 Å². The van der Waals surface area contributed by atoms with Crippen LogP contribution in [0, 0.1) is 12.1 Å². The van der Waals surface area contributed by atoms with Crippen LogP contribution in [0.25, 0.3) is 44.8 Å². The van der Waals surface area contributed by atoms with Gasteiger partial charge in [-0.1, -0.05) is 85.9 Å². The molecule has 0 aliphatic carbocycles. The monoisotopic (exact) mass is 711 g/mol. The van der Waals surface area contributed by atoms with Crippen molar-refractivity contribution in [1.29, 1.82) is 0 Å². The van der Waals surface area contributed by atoms with E-state index in [4.69, 9.17) is 9.97 Å². The largest absolute Gasteiger partial charge is 2.00 e. The first kappa shape index (κ1) is 27.6. The van der Waals surface area contributed by atoms with Crippen molar-refractivity contribution in [2.75, 3.05) is 0 Å². The number of benzene rings is 4. The van der Waals surface area contributed by atoms with Crippen molar-refractivity contribution >= 4 is 18.7 Å². The summed E-state index contributed by atoms with van der Waals surface area (Å²) in [6.45, 7) is 4.66. The standard InChI is InChI=1S/C36H28N2Si.Pt/c1-39(2,33-25-23-31(27-15-7-3-8-16-27)35(37-33)29-19-11-5-12-20-29)34-26-24-32(28-17-9-4-10-18-28)36(38-34)30-21-13-6-14-22-30;/h3-19,21,23-26H,1-2H3;/q-2;+2. The quantitative estimate of drug-likeness (QED) is 0.132. The summed E-state index contributed by atoms with van der Waals surface area (Å²) in [5.74, 6) is 0. The summed E-state index contributed by atoms with van der Waals surface area (Å²) in [7, 11) is -2.28. The third kappa shape index (κ3) is 5.54. The van der Waals surface area contributed by atoms with E-state index in [1.54, 1.807) is 0 Å². The van der Waals surface area contributed by atoms with Crippen LogP contribution in [0.4, 0.5) is 0 Å². The zero-order valence-corrected chi connectivity index (χ0v) is 25.7. The van der Waals surface area contributed by atoms with Gasteiger partial charge < -0.3 is 9.97 Å². The molecule has 196 valence electrons. The molecule has 2 aromatic heterocycles. The third-order valence-electron chi connectivity index (χ3n) is 7.17. The number of rotatable bonds is 6. The summed E-state index contributed by atoms with van der Waals surface area (Å²) >= 11 is 0. The van der Waals surface area contributed by atoms with Crippen LogP contribution >= 0.6 is 0 Å². The van der Waals surface area contributed by atoms with E-state index in [-0.39, 0.29) is 21.1 Å². The van der Waals surface area contributed by atoms with Crippen molar-refractivity contribution in [3.05, 3.63) is 146 Å². The van der Waals surface area contributed by atoms with Crippen LogP contribution in [0.2, 0.25) is 13.1 Å². The number of nitrogens with zero attached hydrogens (tertiary/aromatic N) is 2. The van der Waals surface area contributed by atoms with Crippen LogP contribution in [0.3, 0.4) is 0 Å². The molecule has 2 heterocycles. The molecule has 0 aliphatic heterocycles. The molecule has 0 aliphatic rings. The van der Waals surface area contributed by atoms with E-state index in [2.05, 4.69) is 110 Å². The first-order valence-electron chi connectivity index (χ1n) is 13.2. The minimum Gasteiger partial charge on any atom is -0.305 e. The Hall–Kier alpha value is -3.91. The van der Waals surface area contributed by atoms with Crippen LogP contribution in [-0.2, 0) is 21.1 Å². The molecule has 0 saturated heterocycles. The fourth-order valence-electron chi connectivity index (χ4n) is 4.94. The summed E-state index contributed by atoms with van der Waals surface area (Å²) in [4.78, 5) is 10.7. The fourth-order valence-corrected chi connectivity index (χ4v) is 6.98. The van der Waals surface area contributed by atoms with Crippen LogP contribution in [-0.4, -0.2) is 18.0 Å². The molecule has 4 heteroatoms. The second kappa shape index (κ2) is 12.1. The Morgan fingerprint density at radius 2 is 0.875 bits per heavy atom. The summed E-state index contributed by atoms with van der Waals surface area (Å²) in [5, 5.41) is 2.19. The van der Waals surface area contributed by atoms with Gasteiger partial charge in [0.25, 0.3) is 0 Å². The van der Waals surface area contributed by atoms with Gasteiger partial charge in [-0.15, -0.1) is 71.8 Å². The normalized spacial score (nSPS) is 11.1. The smallest absolute Gasteiger partial charge is 0.305 e. The molecule has 4 aromatic carbocycles. The molecular formula is C36H28N2PtSi. The molecular weight excluding hydrogens is 684 g/mol. The maximum Gasteiger partial charge on any atom is 2.00 e. The number of aromatic nitrogens is 2. The Kier molecular flexibility index (Phi) is 8.35. The first-order valence-corrected chi connectivity index (χ1v) is 16.2. The van der Waals surface area contributed by atoms with Gasteiger partial charge in [0.1, 0.15) is 0 Å². The second-order valence-electron chi connectivity index (χ2n) is 10.1. The Balaban J connectivity index is 0.00000323. The molecule has 0 spiro atoms. The van der Waals surface area contributed by atoms with E-state index in [0.717, 1.165) is 55.4 Å². The molecule has 2 nitrogen and oxygen atoms in total. The maximum atomic E-state index is 5.33. The van der Waals surface area contributed by atoms with Gasteiger partial charge in [-0.25, -0.2) is 0 Å². The minimum atomic E-state index is -2.28. The van der Waals surface area contributed by atoms with Gasteiger partial charge in [-0.2, -0.15) is 0 Å². The van der Waals surface area contributed by atoms with Crippen LogP contribution in [0.1, 0.15) is 0 Å².